The van der Waals surface area contributed by atoms with Gasteiger partial charge in [-0.3, -0.25) is 0 Å². The molecule has 2 heteroatoms. The summed E-state index contributed by atoms with van der Waals surface area (Å²) in [4.78, 5) is 0. The van der Waals surface area contributed by atoms with Crippen LogP contribution in [-0.2, 0) is 0 Å². The van der Waals surface area contributed by atoms with Gasteiger partial charge >= 0.3 is 0 Å². The zero-order valence-corrected chi connectivity index (χ0v) is 15.6. The number of hydrogen-bond donors (Lipinski definition) is 0. The summed E-state index contributed by atoms with van der Waals surface area (Å²) in [5.41, 5.74) is 4.88. The summed E-state index contributed by atoms with van der Waals surface area (Å²) < 4.78 is 11.4. The first kappa shape index (κ1) is 16.5. The molecule has 0 N–H and O–H groups in total. The van der Waals surface area contributed by atoms with Crippen molar-refractivity contribution in [2.24, 2.45) is 0 Å². The van der Waals surface area contributed by atoms with Crippen molar-refractivity contribution in [3.8, 4) is 22.6 Å². The summed E-state index contributed by atoms with van der Waals surface area (Å²) in [6, 6.07) is 21.1. The van der Waals surface area contributed by atoms with Crippen molar-refractivity contribution >= 4 is 21.5 Å². The number of benzene rings is 4. The average molecular weight is 342 g/mol. The third kappa shape index (κ3) is 2.41. The number of ether oxygens (including phenoxy) is 2. The Bertz CT molecular complexity index is 1030. The number of fused-ring (bicyclic) bond motifs is 2. The van der Waals surface area contributed by atoms with Gasteiger partial charge < -0.3 is 9.47 Å². The molecule has 0 aliphatic carbocycles. The van der Waals surface area contributed by atoms with Gasteiger partial charge in [-0.1, -0.05) is 48.5 Å². The Labute approximate surface area is 154 Å². The molecule has 0 heterocycles. The highest BCUT2D eigenvalue weighted by Crippen LogP contribution is 2.44. The van der Waals surface area contributed by atoms with Crippen LogP contribution in [0.5, 0.6) is 11.5 Å². The molecule has 0 amide bonds. The average Bonchev–Trinajstić information content (AvgIpc) is 2.67. The molecule has 0 bridgehead atoms. The maximum atomic E-state index is 5.72. The van der Waals surface area contributed by atoms with Crippen LogP contribution < -0.4 is 9.47 Å². The highest BCUT2D eigenvalue weighted by atomic mass is 16.5. The zero-order chi connectivity index (χ0) is 18.3. The molecule has 130 valence electrons. The summed E-state index contributed by atoms with van der Waals surface area (Å²) in [6.07, 6.45) is 0. The van der Waals surface area contributed by atoms with Crippen molar-refractivity contribution < 1.29 is 9.47 Å². The molecule has 0 aliphatic rings. The predicted molar refractivity (Wildman–Crippen MR) is 109 cm³/mol. The Morgan fingerprint density at radius 3 is 1.35 bits per heavy atom. The fourth-order valence-electron chi connectivity index (χ4n) is 3.88. The van der Waals surface area contributed by atoms with E-state index in [4.69, 9.17) is 9.47 Å². The molecule has 0 fully saturated rings. The molecule has 26 heavy (non-hydrogen) atoms. The standard InChI is InChI=1S/C24H22O2/c1-15-11-13-17-7-5-9-19(25-3)23(17)21(15)22-16(2)12-14-18-8-6-10-20(26-4)24(18)22/h5-14H,1-4H3. The van der Waals surface area contributed by atoms with Crippen LogP contribution in [0, 0.1) is 13.8 Å². The Morgan fingerprint density at radius 2 is 0.962 bits per heavy atom. The second-order valence-corrected chi connectivity index (χ2v) is 6.63. The van der Waals surface area contributed by atoms with Crippen molar-refractivity contribution in [2.75, 3.05) is 14.2 Å². The largest absolute Gasteiger partial charge is 0.496 e. The van der Waals surface area contributed by atoms with Crippen LogP contribution in [0.2, 0.25) is 0 Å². The molecule has 0 aliphatic heterocycles. The highest BCUT2D eigenvalue weighted by molar-refractivity contribution is 6.11. The van der Waals surface area contributed by atoms with Crippen molar-refractivity contribution in [1.29, 1.82) is 0 Å². The molecule has 4 aromatic carbocycles. The second kappa shape index (κ2) is 6.38. The number of rotatable bonds is 3. The summed E-state index contributed by atoms with van der Waals surface area (Å²) in [5, 5.41) is 4.65. The highest BCUT2D eigenvalue weighted by Gasteiger charge is 2.18. The molecule has 0 saturated carbocycles. The quantitative estimate of drug-likeness (QED) is 0.435. The van der Waals surface area contributed by atoms with E-state index in [9.17, 15) is 0 Å². The molecule has 4 aromatic rings. The monoisotopic (exact) mass is 342 g/mol. The van der Waals surface area contributed by atoms with Crippen molar-refractivity contribution in [2.45, 2.75) is 13.8 Å². The van der Waals surface area contributed by atoms with Crippen LogP contribution >= 0.6 is 0 Å². The van der Waals surface area contributed by atoms with Gasteiger partial charge in [-0.05, 0) is 59.0 Å². The lowest BCUT2D eigenvalue weighted by molar-refractivity contribution is 0.419. The predicted octanol–water partition coefficient (Wildman–Crippen LogP) is 6.29. The fraction of sp³-hybridized carbons (Fsp3) is 0.167. The minimum Gasteiger partial charge on any atom is -0.496 e. The van der Waals surface area contributed by atoms with E-state index >= 15 is 0 Å². The summed E-state index contributed by atoms with van der Waals surface area (Å²) in [7, 11) is 3.47. The number of methoxy groups -OCH3 is 2. The van der Waals surface area contributed by atoms with Crippen LogP contribution in [0.3, 0.4) is 0 Å². The maximum Gasteiger partial charge on any atom is 0.127 e. The molecular formula is C24H22O2. The molecule has 0 spiro atoms. The van der Waals surface area contributed by atoms with Gasteiger partial charge in [0.25, 0.3) is 0 Å². The van der Waals surface area contributed by atoms with Crippen LogP contribution in [0.1, 0.15) is 11.1 Å². The van der Waals surface area contributed by atoms with Gasteiger partial charge in [0.1, 0.15) is 11.5 Å². The van der Waals surface area contributed by atoms with Gasteiger partial charge in [-0.2, -0.15) is 0 Å². The Morgan fingerprint density at radius 1 is 0.538 bits per heavy atom. The van der Waals surface area contributed by atoms with E-state index in [0.29, 0.717) is 0 Å². The van der Waals surface area contributed by atoms with Crippen molar-refractivity contribution in [1.82, 2.24) is 0 Å². The minimum absolute atomic E-state index is 0.896. The van der Waals surface area contributed by atoms with E-state index in [-0.39, 0.29) is 0 Å². The van der Waals surface area contributed by atoms with E-state index in [0.717, 1.165) is 22.3 Å². The van der Waals surface area contributed by atoms with Crippen LogP contribution in [0.4, 0.5) is 0 Å². The van der Waals surface area contributed by atoms with Gasteiger partial charge in [0.15, 0.2) is 0 Å². The first-order chi connectivity index (χ1) is 12.7. The molecule has 2 nitrogen and oxygen atoms in total. The van der Waals surface area contributed by atoms with Gasteiger partial charge in [0, 0.05) is 10.8 Å². The third-order valence-electron chi connectivity index (χ3n) is 5.12. The molecule has 0 radical (unpaired) electrons. The summed E-state index contributed by atoms with van der Waals surface area (Å²) in [5.74, 6) is 1.79. The Hall–Kier alpha value is -3.00. The SMILES string of the molecule is COc1cccc2ccc(C)c(-c3c(C)ccc4cccc(OC)c34)c12. The lowest BCUT2D eigenvalue weighted by Gasteiger charge is -2.19. The first-order valence-electron chi connectivity index (χ1n) is 8.78. The summed E-state index contributed by atoms with van der Waals surface area (Å²) >= 11 is 0. The van der Waals surface area contributed by atoms with Gasteiger partial charge in [0.05, 0.1) is 14.2 Å². The molecular weight excluding hydrogens is 320 g/mol. The molecule has 0 aromatic heterocycles. The fourth-order valence-corrected chi connectivity index (χ4v) is 3.88. The van der Waals surface area contributed by atoms with Crippen molar-refractivity contribution in [3.05, 3.63) is 71.8 Å². The van der Waals surface area contributed by atoms with E-state index in [1.165, 1.54) is 33.0 Å². The van der Waals surface area contributed by atoms with Crippen molar-refractivity contribution in [3.63, 3.8) is 0 Å². The Balaban J connectivity index is 2.25. The van der Waals surface area contributed by atoms with Gasteiger partial charge in [-0.25, -0.2) is 0 Å². The van der Waals surface area contributed by atoms with Crippen LogP contribution in [-0.4, -0.2) is 14.2 Å². The maximum absolute atomic E-state index is 5.72. The van der Waals surface area contributed by atoms with Crippen LogP contribution in [0.15, 0.2) is 60.7 Å². The van der Waals surface area contributed by atoms with E-state index < -0.39 is 0 Å². The van der Waals surface area contributed by atoms with E-state index in [1.807, 2.05) is 24.3 Å². The first-order valence-corrected chi connectivity index (χ1v) is 8.78. The normalized spacial score (nSPS) is 11.1. The topological polar surface area (TPSA) is 18.5 Å². The zero-order valence-electron chi connectivity index (χ0n) is 15.6. The Kier molecular flexibility index (Phi) is 4.04. The lowest BCUT2D eigenvalue weighted by Crippen LogP contribution is -1.95. The van der Waals surface area contributed by atoms with E-state index in [1.54, 1.807) is 14.2 Å². The molecule has 0 unspecified atom stereocenters. The van der Waals surface area contributed by atoms with Gasteiger partial charge in [0.2, 0.25) is 0 Å². The lowest BCUT2D eigenvalue weighted by atomic mass is 9.87. The summed E-state index contributed by atoms with van der Waals surface area (Å²) in [6.45, 7) is 4.32. The number of aryl methyl sites for hydroxylation is 2. The van der Waals surface area contributed by atoms with E-state index in [2.05, 4.69) is 50.2 Å². The third-order valence-corrected chi connectivity index (χ3v) is 5.12. The van der Waals surface area contributed by atoms with Gasteiger partial charge in [-0.15, -0.1) is 0 Å². The molecule has 0 saturated heterocycles. The smallest absolute Gasteiger partial charge is 0.127 e. The molecule has 0 atom stereocenters. The second-order valence-electron chi connectivity index (χ2n) is 6.63. The molecule has 4 rings (SSSR count). The number of hydrogen-bond acceptors (Lipinski definition) is 2. The van der Waals surface area contributed by atoms with Crippen LogP contribution in [0.25, 0.3) is 32.7 Å². The minimum atomic E-state index is 0.896.